The Morgan fingerprint density at radius 2 is 2.07 bits per heavy atom. The monoisotopic (exact) mass is 186 g/mol. The van der Waals surface area contributed by atoms with E-state index in [1.54, 1.807) is 5.57 Å². The summed E-state index contributed by atoms with van der Waals surface area (Å²) in [4.78, 5) is 0. The third kappa shape index (κ3) is 2.06. The lowest BCUT2D eigenvalue weighted by Gasteiger charge is -2.07. The van der Waals surface area contributed by atoms with Crippen molar-refractivity contribution in [2.75, 3.05) is 0 Å². The second-order valence-electron chi connectivity index (χ2n) is 4.36. The molecule has 1 aromatic rings. The molecule has 0 nitrogen and oxygen atoms in total. The Hall–Kier alpha value is -1.04. The molecule has 0 radical (unpaired) electrons. The van der Waals surface area contributed by atoms with Gasteiger partial charge in [-0.2, -0.15) is 0 Å². The summed E-state index contributed by atoms with van der Waals surface area (Å²) in [6.45, 7) is 4.39. The van der Waals surface area contributed by atoms with Crippen LogP contribution in [-0.2, 0) is 6.42 Å². The first kappa shape index (κ1) is 9.51. The lowest BCUT2D eigenvalue weighted by atomic mass is 9.98. The van der Waals surface area contributed by atoms with Crippen LogP contribution in [0.1, 0.15) is 36.0 Å². The minimum atomic E-state index is 1.17. The van der Waals surface area contributed by atoms with Crippen molar-refractivity contribution in [3.05, 3.63) is 46.5 Å². The van der Waals surface area contributed by atoms with Crippen molar-refractivity contribution in [2.24, 2.45) is 0 Å². The standard InChI is InChI=1S/C14H18/c1-11-7-8-12(2)14(9-11)10-13-5-3-4-6-13/h5,7-9H,3-4,6,10H2,1-2H3. The zero-order valence-corrected chi connectivity index (χ0v) is 9.14. The first-order valence-corrected chi connectivity index (χ1v) is 5.50. The van der Waals surface area contributed by atoms with Gasteiger partial charge in [0.1, 0.15) is 0 Å². The number of aryl methyl sites for hydroxylation is 2. The maximum absolute atomic E-state index is 2.42. The van der Waals surface area contributed by atoms with Crippen molar-refractivity contribution in [1.29, 1.82) is 0 Å². The third-order valence-corrected chi connectivity index (χ3v) is 3.06. The molecule has 14 heavy (non-hydrogen) atoms. The van der Waals surface area contributed by atoms with Gasteiger partial charge in [-0.05, 0) is 50.7 Å². The van der Waals surface area contributed by atoms with Gasteiger partial charge in [0.15, 0.2) is 0 Å². The van der Waals surface area contributed by atoms with E-state index in [1.165, 1.54) is 42.4 Å². The van der Waals surface area contributed by atoms with Crippen molar-refractivity contribution in [3.8, 4) is 0 Å². The van der Waals surface area contributed by atoms with E-state index in [1.807, 2.05) is 0 Å². The molecular formula is C14H18. The molecule has 1 aromatic carbocycles. The second-order valence-corrected chi connectivity index (χ2v) is 4.36. The molecule has 1 aliphatic carbocycles. The van der Waals surface area contributed by atoms with Crippen LogP contribution < -0.4 is 0 Å². The van der Waals surface area contributed by atoms with E-state index in [9.17, 15) is 0 Å². The summed E-state index contributed by atoms with van der Waals surface area (Å²) in [6, 6.07) is 6.76. The van der Waals surface area contributed by atoms with Crippen LogP contribution in [0.2, 0.25) is 0 Å². The molecule has 0 amide bonds. The van der Waals surface area contributed by atoms with Crippen LogP contribution in [0.3, 0.4) is 0 Å². The highest BCUT2D eigenvalue weighted by Crippen LogP contribution is 2.23. The fourth-order valence-corrected chi connectivity index (χ4v) is 2.13. The van der Waals surface area contributed by atoms with Crippen molar-refractivity contribution in [3.63, 3.8) is 0 Å². The van der Waals surface area contributed by atoms with Crippen molar-refractivity contribution >= 4 is 0 Å². The molecule has 0 atom stereocenters. The summed E-state index contributed by atoms with van der Waals surface area (Å²) in [6.07, 6.45) is 7.56. The SMILES string of the molecule is Cc1ccc(C)c(CC2=CCCC2)c1. The molecule has 0 heteroatoms. The zero-order chi connectivity index (χ0) is 9.97. The zero-order valence-electron chi connectivity index (χ0n) is 9.14. The topological polar surface area (TPSA) is 0 Å². The molecule has 0 N–H and O–H groups in total. The molecule has 2 rings (SSSR count). The van der Waals surface area contributed by atoms with Crippen LogP contribution in [0.4, 0.5) is 0 Å². The molecule has 0 fully saturated rings. The summed E-state index contributed by atoms with van der Waals surface area (Å²) in [5.74, 6) is 0. The van der Waals surface area contributed by atoms with Gasteiger partial charge in [0.2, 0.25) is 0 Å². The maximum Gasteiger partial charge on any atom is -0.00644 e. The third-order valence-electron chi connectivity index (χ3n) is 3.06. The number of rotatable bonds is 2. The molecule has 0 heterocycles. The van der Waals surface area contributed by atoms with Gasteiger partial charge in [-0.25, -0.2) is 0 Å². The predicted molar refractivity (Wildman–Crippen MR) is 61.6 cm³/mol. The molecule has 0 spiro atoms. The van der Waals surface area contributed by atoms with Gasteiger partial charge >= 0.3 is 0 Å². The number of allylic oxidation sites excluding steroid dienone is 2. The van der Waals surface area contributed by atoms with Crippen molar-refractivity contribution in [1.82, 2.24) is 0 Å². The highest BCUT2D eigenvalue weighted by atomic mass is 14.1. The number of benzene rings is 1. The van der Waals surface area contributed by atoms with E-state index in [2.05, 4.69) is 38.1 Å². The van der Waals surface area contributed by atoms with Crippen LogP contribution in [0.15, 0.2) is 29.8 Å². The minimum Gasteiger partial charge on any atom is -0.0850 e. The van der Waals surface area contributed by atoms with Crippen LogP contribution >= 0.6 is 0 Å². The Kier molecular flexibility index (Phi) is 2.72. The van der Waals surface area contributed by atoms with Gasteiger partial charge in [-0.1, -0.05) is 35.4 Å². The highest BCUT2D eigenvalue weighted by molar-refractivity contribution is 5.34. The smallest absolute Gasteiger partial charge is 0.00644 e. The summed E-state index contributed by atoms with van der Waals surface area (Å²) < 4.78 is 0. The number of hydrogen-bond acceptors (Lipinski definition) is 0. The highest BCUT2D eigenvalue weighted by Gasteiger charge is 2.07. The van der Waals surface area contributed by atoms with Crippen LogP contribution in [-0.4, -0.2) is 0 Å². The number of hydrogen-bond donors (Lipinski definition) is 0. The fraction of sp³-hybridized carbons (Fsp3) is 0.429. The lowest BCUT2D eigenvalue weighted by molar-refractivity contribution is 0.885. The van der Waals surface area contributed by atoms with E-state index in [0.29, 0.717) is 0 Å². The Morgan fingerprint density at radius 3 is 2.79 bits per heavy atom. The van der Waals surface area contributed by atoms with E-state index < -0.39 is 0 Å². The van der Waals surface area contributed by atoms with Gasteiger partial charge in [0.05, 0.1) is 0 Å². The Morgan fingerprint density at radius 1 is 1.21 bits per heavy atom. The second kappa shape index (κ2) is 4.00. The largest absolute Gasteiger partial charge is 0.0850 e. The maximum atomic E-state index is 2.42. The average molecular weight is 186 g/mol. The minimum absolute atomic E-state index is 1.17. The van der Waals surface area contributed by atoms with Gasteiger partial charge in [-0.3, -0.25) is 0 Å². The van der Waals surface area contributed by atoms with Crippen molar-refractivity contribution in [2.45, 2.75) is 39.5 Å². The molecule has 0 aliphatic heterocycles. The first-order valence-electron chi connectivity index (χ1n) is 5.50. The molecule has 0 saturated heterocycles. The van der Waals surface area contributed by atoms with Crippen LogP contribution in [0.25, 0.3) is 0 Å². The molecule has 1 aliphatic rings. The average Bonchev–Trinajstić information content (AvgIpc) is 2.64. The Bertz CT molecular complexity index is 358. The fourth-order valence-electron chi connectivity index (χ4n) is 2.13. The molecule has 0 unspecified atom stereocenters. The molecular weight excluding hydrogens is 168 g/mol. The quantitative estimate of drug-likeness (QED) is 0.613. The van der Waals surface area contributed by atoms with Gasteiger partial charge in [-0.15, -0.1) is 0 Å². The van der Waals surface area contributed by atoms with E-state index in [4.69, 9.17) is 0 Å². The summed E-state index contributed by atoms with van der Waals surface area (Å²) in [5, 5.41) is 0. The van der Waals surface area contributed by atoms with E-state index in [0.717, 1.165) is 0 Å². The summed E-state index contributed by atoms with van der Waals surface area (Å²) in [7, 11) is 0. The van der Waals surface area contributed by atoms with E-state index >= 15 is 0 Å². The normalized spacial score (nSPS) is 15.7. The van der Waals surface area contributed by atoms with Crippen molar-refractivity contribution < 1.29 is 0 Å². The van der Waals surface area contributed by atoms with Gasteiger partial charge < -0.3 is 0 Å². The van der Waals surface area contributed by atoms with Gasteiger partial charge in [0.25, 0.3) is 0 Å². The molecule has 0 bridgehead atoms. The lowest BCUT2D eigenvalue weighted by Crippen LogP contribution is -1.92. The molecule has 0 saturated carbocycles. The van der Waals surface area contributed by atoms with Crippen LogP contribution in [0, 0.1) is 13.8 Å². The van der Waals surface area contributed by atoms with Gasteiger partial charge in [0, 0.05) is 0 Å². The molecule has 0 aromatic heterocycles. The first-order chi connectivity index (χ1) is 6.75. The summed E-state index contributed by atoms with van der Waals surface area (Å²) in [5.41, 5.74) is 5.96. The predicted octanol–water partition coefficient (Wildman–Crippen LogP) is 3.96. The molecule has 74 valence electrons. The van der Waals surface area contributed by atoms with E-state index in [-0.39, 0.29) is 0 Å². The van der Waals surface area contributed by atoms with Crippen LogP contribution in [0.5, 0.6) is 0 Å². The Labute approximate surface area is 86.7 Å². The summed E-state index contributed by atoms with van der Waals surface area (Å²) >= 11 is 0. The Balaban J connectivity index is 2.19.